The molecule has 1 heterocycles. The van der Waals surface area contributed by atoms with E-state index in [-0.39, 0.29) is 6.61 Å². The quantitative estimate of drug-likeness (QED) is 0.770. The summed E-state index contributed by atoms with van der Waals surface area (Å²) in [6, 6.07) is 19.8. The van der Waals surface area contributed by atoms with E-state index in [1.54, 1.807) is 0 Å². The van der Waals surface area contributed by atoms with Crippen molar-refractivity contribution in [2.24, 2.45) is 0 Å². The Balaban J connectivity index is 1.85. The van der Waals surface area contributed by atoms with Crippen LogP contribution in [-0.4, -0.2) is 10.1 Å². The minimum Gasteiger partial charge on any atom is -0.489 e. The number of aliphatic hydroxyl groups excluding tert-OH is 1. The number of hydrogen-bond acceptors (Lipinski definition) is 3. The highest BCUT2D eigenvalue weighted by Gasteiger charge is 2.07. The number of rotatable bonds is 5. The third-order valence-electron chi connectivity index (χ3n) is 3.72. The van der Waals surface area contributed by atoms with Crippen molar-refractivity contribution in [3.05, 3.63) is 83.7 Å². The molecule has 0 unspecified atom stereocenters. The largest absolute Gasteiger partial charge is 0.489 e. The number of aryl methyl sites for hydroxylation is 1. The van der Waals surface area contributed by atoms with Crippen LogP contribution in [0.25, 0.3) is 11.1 Å². The van der Waals surface area contributed by atoms with Gasteiger partial charge in [0.2, 0.25) is 0 Å². The first-order valence-electron chi connectivity index (χ1n) is 7.60. The fourth-order valence-corrected chi connectivity index (χ4v) is 2.42. The lowest BCUT2D eigenvalue weighted by Gasteiger charge is -2.12. The van der Waals surface area contributed by atoms with Gasteiger partial charge < -0.3 is 9.84 Å². The standard InChI is InChI=1S/C20H19NO2/c1-15-7-8-17(12-21-15)20-11-19(10-9-18(20)13-22)23-14-16-5-3-2-4-6-16/h2-12,22H,13-14H2,1H3. The van der Waals surface area contributed by atoms with E-state index in [0.717, 1.165) is 33.7 Å². The number of hydrogen-bond donors (Lipinski definition) is 1. The lowest BCUT2D eigenvalue weighted by atomic mass is 10.0. The molecule has 0 atom stereocenters. The summed E-state index contributed by atoms with van der Waals surface area (Å²) >= 11 is 0. The van der Waals surface area contributed by atoms with Crippen LogP contribution in [0.3, 0.4) is 0 Å². The molecule has 0 aliphatic heterocycles. The van der Waals surface area contributed by atoms with E-state index in [4.69, 9.17) is 4.74 Å². The van der Waals surface area contributed by atoms with E-state index >= 15 is 0 Å². The molecule has 0 radical (unpaired) electrons. The topological polar surface area (TPSA) is 42.4 Å². The molecule has 0 amide bonds. The molecule has 0 saturated heterocycles. The van der Waals surface area contributed by atoms with Gasteiger partial charge in [-0.15, -0.1) is 0 Å². The summed E-state index contributed by atoms with van der Waals surface area (Å²) in [4.78, 5) is 4.33. The van der Waals surface area contributed by atoms with E-state index in [9.17, 15) is 5.11 Å². The van der Waals surface area contributed by atoms with E-state index in [1.807, 2.05) is 73.8 Å². The minimum absolute atomic E-state index is 0.0117. The van der Waals surface area contributed by atoms with Crippen molar-refractivity contribution in [1.29, 1.82) is 0 Å². The van der Waals surface area contributed by atoms with Crippen LogP contribution in [0.4, 0.5) is 0 Å². The van der Waals surface area contributed by atoms with Crippen molar-refractivity contribution in [3.63, 3.8) is 0 Å². The number of benzene rings is 2. The Morgan fingerprint density at radius 3 is 2.52 bits per heavy atom. The third kappa shape index (κ3) is 3.76. The normalized spacial score (nSPS) is 10.5. The molecule has 0 aliphatic rings. The number of nitrogens with zero attached hydrogens (tertiary/aromatic N) is 1. The maximum atomic E-state index is 9.57. The van der Waals surface area contributed by atoms with E-state index in [1.165, 1.54) is 0 Å². The van der Waals surface area contributed by atoms with Gasteiger partial charge in [0.25, 0.3) is 0 Å². The molecular weight excluding hydrogens is 286 g/mol. The second-order valence-electron chi connectivity index (χ2n) is 5.44. The van der Waals surface area contributed by atoms with Gasteiger partial charge in [0.1, 0.15) is 12.4 Å². The molecule has 3 rings (SSSR count). The minimum atomic E-state index is -0.0117. The lowest BCUT2D eigenvalue weighted by molar-refractivity contribution is 0.281. The molecule has 116 valence electrons. The van der Waals surface area contributed by atoms with E-state index in [0.29, 0.717) is 6.61 Å². The summed E-state index contributed by atoms with van der Waals surface area (Å²) in [5.41, 5.74) is 4.88. The summed E-state index contributed by atoms with van der Waals surface area (Å²) in [5, 5.41) is 9.57. The molecule has 0 spiro atoms. The molecule has 23 heavy (non-hydrogen) atoms. The zero-order chi connectivity index (χ0) is 16.1. The fourth-order valence-electron chi connectivity index (χ4n) is 2.42. The molecule has 3 aromatic rings. The molecule has 1 aromatic heterocycles. The van der Waals surface area contributed by atoms with E-state index < -0.39 is 0 Å². The first-order chi connectivity index (χ1) is 11.3. The average Bonchev–Trinajstić information content (AvgIpc) is 2.61. The Bertz CT molecular complexity index is 767. The predicted molar refractivity (Wildman–Crippen MR) is 91.1 cm³/mol. The Hall–Kier alpha value is -2.65. The number of aromatic nitrogens is 1. The molecule has 0 saturated carbocycles. The molecule has 3 nitrogen and oxygen atoms in total. The smallest absolute Gasteiger partial charge is 0.120 e. The molecule has 0 aliphatic carbocycles. The molecule has 2 aromatic carbocycles. The predicted octanol–water partition coefficient (Wildman–Crippen LogP) is 4.13. The van der Waals surface area contributed by atoms with Gasteiger partial charge in [-0.3, -0.25) is 4.98 Å². The molecule has 0 bridgehead atoms. The summed E-state index contributed by atoms with van der Waals surface area (Å²) in [6.45, 7) is 2.46. The summed E-state index contributed by atoms with van der Waals surface area (Å²) < 4.78 is 5.88. The molecule has 0 fully saturated rings. The van der Waals surface area contributed by atoms with Crippen molar-refractivity contribution in [1.82, 2.24) is 4.98 Å². The Labute approximate surface area is 136 Å². The lowest BCUT2D eigenvalue weighted by Crippen LogP contribution is -1.97. The molecule has 3 heteroatoms. The molecular formula is C20H19NO2. The van der Waals surface area contributed by atoms with Crippen LogP contribution in [0.5, 0.6) is 5.75 Å². The number of ether oxygens (including phenoxy) is 1. The number of aliphatic hydroxyl groups is 1. The van der Waals surface area contributed by atoms with Crippen LogP contribution >= 0.6 is 0 Å². The van der Waals surface area contributed by atoms with Crippen molar-refractivity contribution >= 4 is 0 Å². The van der Waals surface area contributed by atoms with Gasteiger partial charge in [-0.05, 0) is 41.8 Å². The van der Waals surface area contributed by atoms with Crippen LogP contribution < -0.4 is 4.74 Å². The Morgan fingerprint density at radius 2 is 1.83 bits per heavy atom. The number of pyridine rings is 1. The van der Waals surface area contributed by atoms with Gasteiger partial charge in [-0.1, -0.05) is 42.5 Å². The molecule has 1 N–H and O–H groups in total. The highest BCUT2D eigenvalue weighted by molar-refractivity contribution is 5.68. The highest BCUT2D eigenvalue weighted by Crippen LogP contribution is 2.28. The van der Waals surface area contributed by atoms with Gasteiger partial charge in [-0.25, -0.2) is 0 Å². The van der Waals surface area contributed by atoms with Crippen LogP contribution in [0.1, 0.15) is 16.8 Å². The van der Waals surface area contributed by atoms with Crippen LogP contribution in [0, 0.1) is 6.92 Å². The van der Waals surface area contributed by atoms with Gasteiger partial charge in [-0.2, -0.15) is 0 Å². The Morgan fingerprint density at radius 1 is 1.00 bits per heavy atom. The van der Waals surface area contributed by atoms with Gasteiger partial charge >= 0.3 is 0 Å². The average molecular weight is 305 g/mol. The zero-order valence-electron chi connectivity index (χ0n) is 13.1. The second kappa shape index (κ2) is 7.07. The first-order valence-corrected chi connectivity index (χ1v) is 7.60. The summed E-state index contributed by atoms with van der Waals surface area (Å²) in [5.74, 6) is 0.779. The maximum absolute atomic E-state index is 9.57. The monoisotopic (exact) mass is 305 g/mol. The SMILES string of the molecule is Cc1ccc(-c2cc(OCc3ccccc3)ccc2CO)cn1. The van der Waals surface area contributed by atoms with Gasteiger partial charge in [0.15, 0.2) is 0 Å². The van der Waals surface area contributed by atoms with Gasteiger partial charge in [0, 0.05) is 17.5 Å². The summed E-state index contributed by atoms with van der Waals surface area (Å²) in [6.07, 6.45) is 1.82. The van der Waals surface area contributed by atoms with Crippen molar-refractivity contribution in [2.45, 2.75) is 20.1 Å². The maximum Gasteiger partial charge on any atom is 0.120 e. The van der Waals surface area contributed by atoms with Crippen molar-refractivity contribution in [3.8, 4) is 16.9 Å². The van der Waals surface area contributed by atoms with Crippen LogP contribution in [0.15, 0.2) is 66.9 Å². The third-order valence-corrected chi connectivity index (χ3v) is 3.72. The highest BCUT2D eigenvalue weighted by atomic mass is 16.5. The van der Waals surface area contributed by atoms with Crippen LogP contribution in [-0.2, 0) is 13.2 Å². The Kier molecular flexibility index (Phi) is 4.69. The van der Waals surface area contributed by atoms with E-state index in [2.05, 4.69) is 4.98 Å². The fraction of sp³-hybridized carbons (Fsp3) is 0.150. The zero-order valence-corrected chi connectivity index (χ0v) is 13.1. The van der Waals surface area contributed by atoms with Crippen LogP contribution in [0.2, 0.25) is 0 Å². The van der Waals surface area contributed by atoms with Gasteiger partial charge in [0.05, 0.1) is 6.61 Å². The first kappa shape index (κ1) is 15.3. The van der Waals surface area contributed by atoms with Crippen molar-refractivity contribution < 1.29 is 9.84 Å². The summed E-state index contributed by atoms with van der Waals surface area (Å²) in [7, 11) is 0. The second-order valence-corrected chi connectivity index (χ2v) is 5.44. The van der Waals surface area contributed by atoms with Crippen molar-refractivity contribution in [2.75, 3.05) is 0 Å².